The van der Waals surface area contributed by atoms with Crippen molar-refractivity contribution in [2.24, 2.45) is 17.8 Å². The fourth-order valence-corrected chi connectivity index (χ4v) is 3.97. The predicted molar refractivity (Wildman–Crippen MR) is 78.5 cm³/mol. The summed E-state index contributed by atoms with van der Waals surface area (Å²) in [5, 5.41) is 3.11. The zero-order valence-electron chi connectivity index (χ0n) is 12.0. The first kappa shape index (κ1) is 13.5. The van der Waals surface area contributed by atoms with Crippen LogP contribution in [0.15, 0.2) is 30.3 Å². The van der Waals surface area contributed by atoms with E-state index in [-0.39, 0.29) is 18.6 Å². The van der Waals surface area contributed by atoms with Crippen molar-refractivity contribution < 1.29 is 9.53 Å². The van der Waals surface area contributed by atoms with E-state index in [1.54, 1.807) is 0 Å². The summed E-state index contributed by atoms with van der Waals surface area (Å²) in [7, 11) is 0. The van der Waals surface area contributed by atoms with Gasteiger partial charge in [0, 0.05) is 6.04 Å². The second-order valence-electron chi connectivity index (χ2n) is 6.30. The molecule has 0 radical (unpaired) electrons. The van der Waals surface area contributed by atoms with Gasteiger partial charge in [-0.15, -0.1) is 0 Å². The highest BCUT2D eigenvalue weighted by molar-refractivity contribution is 5.77. The second kappa shape index (κ2) is 5.86. The Bertz CT molecular complexity index is 459. The molecule has 0 spiro atoms. The van der Waals surface area contributed by atoms with Crippen LogP contribution in [0, 0.1) is 17.8 Å². The largest absolute Gasteiger partial charge is 0.484 e. The average molecular weight is 273 g/mol. The summed E-state index contributed by atoms with van der Waals surface area (Å²) >= 11 is 0. The third kappa shape index (κ3) is 2.97. The van der Waals surface area contributed by atoms with Gasteiger partial charge < -0.3 is 10.1 Å². The smallest absolute Gasteiger partial charge is 0.258 e. The Morgan fingerprint density at radius 2 is 2.10 bits per heavy atom. The number of carbonyl (C=O) groups is 1. The number of amides is 1. The number of nitrogens with one attached hydrogen (secondary N) is 1. The number of hydrogen-bond acceptors (Lipinski definition) is 2. The van der Waals surface area contributed by atoms with E-state index in [0.29, 0.717) is 5.92 Å². The minimum Gasteiger partial charge on any atom is -0.484 e. The lowest BCUT2D eigenvalue weighted by atomic mass is 9.84. The van der Waals surface area contributed by atoms with Gasteiger partial charge in [-0.3, -0.25) is 4.79 Å². The number of rotatable bonds is 5. The van der Waals surface area contributed by atoms with E-state index in [1.807, 2.05) is 30.3 Å². The Balaban J connectivity index is 1.44. The number of benzene rings is 1. The van der Waals surface area contributed by atoms with Gasteiger partial charge in [-0.1, -0.05) is 24.6 Å². The third-order valence-electron chi connectivity index (χ3n) is 4.94. The van der Waals surface area contributed by atoms with Gasteiger partial charge in [0.2, 0.25) is 0 Å². The number of ether oxygens (including phenoxy) is 1. The summed E-state index contributed by atoms with van der Waals surface area (Å²) in [5.41, 5.74) is 0. The summed E-state index contributed by atoms with van der Waals surface area (Å²) < 4.78 is 5.48. The molecule has 0 aromatic heterocycles. The number of para-hydroxylation sites is 1. The normalized spacial score (nSPS) is 29.1. The van der Waals surface area contributed by atoms with Crippen molar-refractivity contribution in [1.82, 2.24) is 5.32 Å². The predicted octanol–water partition coefficient (Wildman–Crippen LogP) is 3.01. The first-order chi connectivity index (χ1) is 9.72. The molecule has 3 nitrogen and oxygen atoms in total. The van der Waals surface area contributed by atoms with Crippen LogP contribution in [-0.4, -0.2) is 18.6 Å². The summed E-state index contributed by atoms with van der Waals surface area (Å²) in [6.07, 6.45) is 5.44. The third-order valence-corrected chi connectivity index (χ3v) is 4.94. The van der Waals surface area contributed by atoms with Crippen molar-refractivity contribution in [3.8, 4) is 5.75 Å². The first-order valence-corrected chi connectivity index (χ1v) is 7.69. The highest BCUT2D eigenvalue weighted by Gasteiger charge is 2.42. The zero-order valence-corrected chi connectivity index (χ0v) is 12.0. The molecule has 0 aliphatic heterocycles. The van der Waals surface area contributed by atoms with Crippen LogP contribution in [0.4, 0.5) is 0 Å². The molecule has 1 aromatic rings. The van der Waals surface area contributed by atoms with Crippen LogP contribution in [0.25, 0.3) is 0 Å². The van der Waals surface area contributed by atoms with E-state index in [4.69, 9.17) is 4.74 Å². The Kier molecular flexibility index (Phi) is 3.95. The van der Waals surface area contributed by atoms with E-state index in [1.165, 1.54) is 25.7 Å². The zero-order chi connectivity index (χ0) is 13.9. The molecule has 2 aliphatic rings. The minimum absolute atomic E-state index is 0.0101. The van der Waals surface area contributed by atoms with E-state index >= 15 is 0 Å². The Hall–Kier alpha value is -1.51. The molecular formula is C17H23NO2. The first-order valence-electron chi connectivity index (χ1n) is 7.69. The maximum absolute atomic E-state index is 12.0. The molecule has 0 saturated heterocycles. The minimum atomic E-state index is -0.0101. The van der Waals surface area contributed by atoms with Crippen LogP contribution in [0.1, 0.15) is 32.6 Å². The topological polar surface area (TPSA) is 38.3 Å². The summed E-state index contributed by atoms with van der Waals surface area (Å²) in [6.45, 7) is 2.25. The molecule has 3 rings (SSSR count). The molecule has 2 bridgehead atoms. The molecule has 2 fully saturated rings. The molecule has 2 aliphatic carbocycles. The van der Waals surface area contributed by atoms with Gasteiger partial charge >= 0.3 is 0 Å². The molecule has 1 N–H and O–H groups in total. The van der Waals surface area contributed by atoms with Crippen molar-refractivity contribution in [3.63, 3.8) is 0 Å². The molecule has 0 heterocycles. The van der Waals surface area contributed by atoms with Crippen molar-refractivity contribution in [3.05, 3.63) is 30.3 Å². The molecule has 1 aromatic carbocycles. The highest BCUT2D eigenvalue weighted by atomic mass is 16.5. The summed E-state index contributed by atoms with van der Waals surface area (Å²) in [6, 6.07) is 9.76. The SMILES string of the molecule is C[C@H](NC(=O)COc1ccccc1)[C@H]1C[C@@H]2CC[C@@H]1C2. The maximum atomic E-state index is 12.0. The summed E-state index contributed by atoms with van der Waals surface area (Å²) in [4.78, 5) is 12.0. The van der Waals surface area contributed by atoms with Gasteiger partial charge in [0.1, 0.15) is 5.75 Å². The number of carbonyl (C=O) groups excluding carboxylic acids is 1. The van der Waals surface area contributed by atoms with E-state index in [9.17, 15) is 4.79 Å². The molecular weight excluding hydrogens is 250 g/mol. The fraction of sp³-hybridized carbons (Fsp3) is 0.588. The lowest BCUT2D eigenvalue weighted by Gasteiger charge is -2.28. The van der Waals surface area contributed by atoms with Crippen LogP contribution < -0.4 is 10.1 Å². The van der Waals surface area contributed by atoms with E-state index in [0.717, 1.165) is 17.6 Å². The average Bonchev–Trinajstić information content (AvgIpc) is 3.09. The fourth-order valence-electron chi connectivity index (χ4n) is 3.97. The lowest BCUT2D eigenvalue weighted by molar-refractivity contribution is -0.124. The lowest BCUT2D eigenvalue weighted by Crippen LogP contribution is -2.42. The van der Waals surface area contributed by atoms with Crippen LogP contribution in [-0.2, 0) is 4.79 Å². The van der Waals surface area contributed by atoms with Crippen LogP contribution in [0.5, 0.6) is 5.75 Å². The van der Waals surface area contributed by atoms with E-state index < -0.39 is 0 Å². The van der Waals surface area contributed by atoms with Gasteiger partial charge in [0.15, 0.2) is 6.61 Å². The van der Waals surface area contributed by atoms with Gasteiger partial charge in [-0.25, -0.2) is 0 Å². The second-order valence-corrected chi connectivity index (χ2v) is 6.30. The van der Waals surface area contributed by atoms with Gasteiger partial charge in [-0.2, -0.15) is 0 Å². The van der Waals surface area contributed by atoms with Crippen molar-refractivity contribution in [1.29, 1.82) is 0 Å². The molecule has 2 saturated carbocycles. The molecule has 1 amide bonds. The van der Waals surface area contributed by atoms with Gasteiger partial charge in [0.05, 0.1) is 0 Å². The number of fused-ring (bicyclic) bond motifs is 2. The van der Waals surface area contributed by atoms with Crippen molar-refractivity contribution in [2.75, 3.05) is 6.61 Å². The van der Waals surface area contributed by atoms with E-state index in [2.05, 4.69) is 12.2 Å². The Morgan fingerprint density at radius 1 is 1.30 bits per heavy atom. The van der Waals surface area contributed by atoms with Gasteiger partial charge in [0.25, 0.3) is 5.91 Å². The molecule has 3 heteroatoms. The molecule has 0 unspecified atom stereocenters. The van der Waals surface area contributed by atoms with Crippen molar-refractivity contribution in [2.45, 2.75) is 38.6 Å². The molecule has 4 atom stereocenters. The van der Waals surface area contributed by atoms with Crippen molar-refractivity contribution >= 4 is 5.91 Å². The van der Waals surface area contributed by atoms with Crippen LogP contribution in [0.2, 0.25) is 0 Å². The standard InChI is InChI=1S/C17H23NO2/c1-12(16-10-13-7-8-14(16)9-13)18-17(19)11-20-15-5-3-2-4-6-15/h2-6,12-14,16H,7-11H2,1H3,(H,18,19)/t12-,13+,14+,16+/m0/s1. The Morgan fingerprint density at radius 3 is 2.75 bits per heavy atom. The molecule has 108 valence electrons. The van der Waals surface area contributed by atoms with Gasteiger partial charge in [-0.05, 0) is 56.1 Å². The summed E-state index contributed by atoms with van der Waals surface area (Å²) in [5.74, 6) is 3.17. The quantitative estimate of drug-likeness (QED) is 0.895. The van der Waals surface area contributed by atoms with Crippen LogP contribution >= 0.6 is 0 Å². The monoisotopic (exact) mass is 273 g/mol. The Labute approximate surface area is 120 Å². The highest BCUT2D eigenvalue weighted by Crippen LogP contribution is 2.49. The maximum Gasteiger partial charge on any atom is 0.258 e. The molecule has 20 heavy (non-hydrogen) atoms. The van der Waals surface area contributed by atoms with Crippen LogP contribution in [0.3, 0.4) is 0 Å². The number of hydrogen-bond donors (Lipinski definition) is 1.